The Bertz CT molecular complexity index is 966. The predicted molar refractivity (Wildman–Crippen MR) is 123 cm³/mol. The molecule has 2 fully saturated rings. The zero-order chi connectivity index (χ0) is 21.7. The van der Waals surface area contributed by atoms with Crippen LogP contribution in [0, 0.1) is 17.7 Å². The number of benzene rings is 1. The van der Waals surface area contributed by atoms with E-state index in [1.165, 1.54) is 6.21 Å². The molecule has 8 nitrogen and oxygen atoms in total. The molecule has 4 rings (SSSR count). The number of aromatic nitrogens is 2. The van der Waals surface area contributed by atoms with Gasteiger partial charge in [0.05, 0.1) is 17.3 Å². The summed E-state index contributed by atoms with van der Waals surface area (Å²) < 4.78 is 0. The molecular formula is C23H29N7O. The van der Waals surface area contributed by atoms with Crippen LogP contribution < -0.4 is 10.3 Å². The molecule has 1 spiro atoms. The van der Waals surface area contributed by atoms with Gasteiger partial charge in [-0.1, -0.05) is 18.2 Å². The highest BCUT2D eigenvalue weighted by atomic mass is 16.2. The standard InChI is InChI=1S/C23H29N7O/c1-18-7-12-25-22(27-18)29-15-9-23(10-16-29)8-4-14-30(21(23)31)17-19-5-2-3-6-20(19)28-26-13-11-24/h2-3,5-7,11-13,24,28H,4,8-10,14-17H2,1H3/b24-11?,26-13-. The second kappa shape index (κ2) is 9.24. The fraction of sp³-hybridized carbons (Fsp3) is 0.435. The van der Waals surface area contributed by atoms with Gasteiger partial charge in [-0.2, -0.15) is 5.10 Å². The molecule has 2 aromatic rings. The number of nitrogens with zero attached hydrogens (tertiary/aromatic N) is 5. The van der Waals surface area contributed by atoms with Crippen molar-refractivity contribution in [3.63, 3.8) is 0 Å². The van der Waals surface area contributed by atoms with Gasteiger partial charge in [0, 0.05) is 44.3 Å². The van der Waals surface area contributed by atoms with Gasteiger partial charge >= 0.3 is 0 Å². The quantitative estimate of drug-likeness (QED) is 0.553. The maximum absolute atomic E-state index is 13.6. The molecule has 1 amide bonds. The number of aryl methyl sites for hydroxylation is 1. The minimum atomic E-state index is -0.278. The SMILES string of the molecule is Cc1ccnc(N2CCC3(CCCN(Cc4ccccc4N/N=C\C=N)C3=O)CC2)n1. The molecule has 2 aliphatic rings. The van der Waals surface area contributed by atoms with E-state index in [4.69, 9.17) is 5.41 Å². The molecule has 162 valence electrons. The van der Waals surface area contributed by atoms with Crippen molar-refractivity contribution in [2.45, 2.75) is 39.2 Å². The topological polar surface area (TPSA) is 97.6 Å². The van der Waals surface area contributed by atoms with E-state index in [9.17, 15) is 4.79 Å². The fourth-order valence-corrected chi connectivity index (χ4v) is 4.61. The van der Waals surface area contributed by atoms with E-state index in [1.54, 1.807) is 6.20 Å². The number of nitrogens with one attached hydrogen (secondary N) is 2. The third-order valence-corrected chi connectivity index (χ3v) is 6.32. The third-order valence-electron chi connectivity index (χ3n) is 6.32. The van der Waals surface area contributed by atoms with Gasteiger partial charge in [0.25, 0.3) is 0 Å². The highest BCUT2D eigenvalue weighted by molar-refractivity contribution is 6.14. The Kier molecular flexibility index (Phi) is 6.25. The number of rotatable bonds is 6. The lowest BCUT2D eigenvalue weighted by Crippen LogP contribution is -2.53. The second-order valence-electron chi connectivity index (χ2n) is 8.31. The summed E-state index contributed by atoms with van der Waals surface area (Å²) in [5.74, 6) is 1.03. The van der Waals surface area contributed by atoms with Crippen molar-refractivity contribution in [2.75, 3.05) is 30.0 Å². The van der Waals surface area contributed by atoms with E-state index >= 15 is 0 Å². The zero-order valence-electron chi connectivity index (χ0n) is 17.9. The van der Waals surface area contributed by atoms with Gasteiger partial charge in [-0.3, -0.25) is 10.2 Å². The Morgan fingerprint density at radius 1 is 1.19 bits per heavy atom. The normalized spacial score (nSPS) is 18.5. The smallest absolute Gasteiger partial charge is 0.229 e. The van der Waals surface area contributed by atoms with Crippen molar-refractivity contribution in [2.24, 2.45) is 10.5 Å². The molecule has 0 atom stereocenters. The molecule has 31 heavy (non-hydrogen) atoms. The van der Waals surface area contributed by atoms with Crippen LogP contribution >= 0.6 is 0 Å². The minimum Gasteiger partial charge on any atom is -0.341 e. The summed E-state index contributed by atoms with van der Waals surface area (Å²) in [6.45, 7) is 4.93. The van der Waals surface area contributed by atoms with Crippen LogP contribution in [0.15, 0.2) is 41.6 Å². The molecule has 0 aliphatic carbocycles. The number of hydrogen-bond donors (Lipinski definition) is 2. The lowest BCUT2D eigenvalue weighted by Gasteiger charge is -2.46. The molecule has 8 heteroatoms. The Labute approximate surface area is 182 Å². The van der Waals surface area contributed by atoms with Crippen molar-refractivity contribution in [3.8, 4) is 0 Å². The number of para-hydroxylation sites is 1. The molecule has 2 saturated heterocycles. The molecule has 0 unspecified atom stereocenters. The highest BCUT2D eigenvalue weighted by Crippen LogP contribution is 2.42. The molecule has 3 heterocycles. The number of anilines is 2. The van der Waals surface area contributed by atoms with Crippen LogP contribution in [0.25, 0.3) is 0 Å². The Morgan fingerprint density at radius 2 is 2.00 bits per heavy atom. The lowest BCUT2D eigenvalue weighted by molar-refractivity contribution is -0.148. The van der Waals surface area contributed by atoms with Gasteiger partial charge in [-0.25, -0.2) is 9.97 Å². The van der Waals surface area contributed by atoms with Crippen molar-refractivity contribution >= 4 is 30.0 Å². The Morgan fingerprint density at radius 3 is 2.77 bits per heavy atom. The lowest BCUT2D eigenvalue weighted by atomic mass is 9.71. The third kappa shape index (κ3) is 4.57. The van der Waals surface area contributed by atoms with Crippen LogP contribution in [0.5, 0.6) is 0 Å². The molecule has 2 N–H and O–H groups in total. The first-order chi connectivity index (χ1) is 15.1. The van der Waals surface area contributed by atoms with E-state index < -0.39 is 0 Å². The predicted octanol–water partition coefficient (Wildman–Crippen LogP) is 3.24. The Hall–Kier alpha value is -3.29. The van der Waals surface area contributed by atoms with Crippen molar-refractivity contribution in [1.82, 2.24) is 14.9 Å². The average molecular weight is 420 g/mol. The Balaban J connectivity index is 1.44. The molecule has 1 aromatic heterocycles. The largest absolute Gasteiger partial charge is 0.341 e. The van der Waals surface area contributed by atoms with Gasteiger partial charge in [-0.15, -0.1) is 0 Å². The molecule has 1 aromatic carbocycles. The van der Waals surface area contributed by atoms with Crippen LogP contribution in [-0.2, 0) is 11.3 Å². The highest BCUT2D eigenvalue weighted by Gasteiger charge is 2.46. The number of hydrazone groups is 1. The first-order valence-electron chi connectivity index (χ1n) is 10.8. The van der Waals surface area contributed by atoms with Gasteiger partial charge < -0.3 is 15.2 Å². The molecule has 0 saturated carbocycles. The van der Waals surface area contributed by atoms with Crippen LogP contribution in [0.3, 0.4) is 0 Å². The van der Waals surface area contributed by atoms with E-state index in [0.717, 1.165) is 74.4 Å². The number of amides is 1. The molecular weight excluding hydrogens is 390 g/mol. The minimum absolute atomic E-state index is 0.265. The van der Waals surface area contributed by atoms with Crippen LogP contribution in [0.4, 0.5) is 11.6 Å². The van der Waals surface area contributed by atoms with Crippen molar-refractivity contribution in [1.29, 1.82) is 5.41 Å². The summed E-state index contributed by atoms with van der Waals surface area (Å²) in [7, 11) is 0. The number of likely N-dealkylation sites (tertiary alicyclic amines) is 1. The summed E-state index contributed by atoms with van der Waals surface area (Å²) in [6.07, 6.45) is 7.97. The number of carbonyl (C=O) groups is 1. The first kappa shape index (κ1) is 21.0. The summed E-state index contributed by atoms with van der Waals surface area (Å²) in [4.78, 5) is 26.7. The van der Waals surface area contributed by atoms with Gasteiger partial charge in [0.15, 0.2) is 0 Å². The first-order valence-corrected chi connectivity index (χ1v) is 10.8. The second-order valence-corrected chi connectivity index (χ2v) is 8.31. The monoisotopic (exact) mass is 419 g/mol. The summed E-state index contributed by atoms with van der Waals surface area (Å²) in [6, 6.07) is 9.79. The molecule has 2 aliphatic heterocycles. The number of carbonyl (C=O) groups excluding carboxylic acids is 1. The van der Waals surface area contributed by atoms with Crippen molar-refractivity contribution < 1.29 is 4.79 Å². The van der Waals surface area contributed by atoms with E-state index in [2.05, 4.69) is 25.4 Å². The summed E-state index contributed by atoms with van der Waals surface area (Å²) in [5.41, 5.74) is 5.55. The van der Waals surface area contributed by atoms with Crippen molar-refractivity contribution in [3.05, 3.63) is 47.8 Å². The number of piperidine rings is 2. The maximum atomic E-state index is 13.6. The summed E-state index contributed by atoms with van der Waals surface area (Å²) >= 11 is 0. The van der Waals surface area contributed by atoms with Gasteiger partial charge in [-0.05, 0) is 50.3 Å². The number of hydrogen-bond acceptors (Lipinski definition) is 7. The zero-order valence-corrected chi connectivity index (χ0v) is 17.9. The van der Waals surface area contributed by atoms with E-state index in [-0.39, 0.29) is 11.3 Å². The van der Waals surface area contributed by atoms with Crippen LogP contribution in [0.2, 0.25) is 0 Å². The van der Waals surface area contributed by atoms with Gasteiger partial charge in [0.2, 0.25) is 11.9 Å². The van der Waals surface area contributed by atoms with E-state index in [0.29, 0.717) is 6.54 Å². The van der Waals surface area contributed by atoms with E-state index in [1.807, 2.05) is 42.2 Å². The molecule has 0 radical (unpaired) electrons. The van der Waals surface area contributed by atoms with Crippen LogP contribution in [-0.4, -0.2) is 52.8 Å². The van der Waals surface area contributed by atoms with Gasteiger partial charge in [0.1, 0.15) is 0 Å². The van der Waals surface area contributed by atoms with Crippen LogP contribution in [0.1, 0.15) is 36.9 Å². The molecule has 0 bridgehead atoms. The fourth-order valence-electron chi connectivity index (χ4n) is 4.61. The maximum Gasteiger partial charge on any atom is 0.229 e. The average Bonchev–Trinajstić information content (AvgIpc) is 2.79. The summed E-state index contributed by atoms with van der Waals surface area (Å²) in [5, 5.41) is 11.1.